The van der Waals surface area contributed by atoms with Gasteiger partial charge in [-0.1, -0.05) is 38.1 Å². The molecule has 1 aromatic carbocycles. The summed E-state index contributed by atoms with van der Waals surface area (Å²) in [6.45, 7) is 6.09. The van der Waals surface area contributed by atoms with Crippen LogP contribution < -0.4 is 10.5 Å². The lowest BCUT2D eigenvalue weighted by Gasteiger charge is -2.34. The lowest BCUT2D eigenvalue weighted by Crippen LogP contribution is -2.47. The van der Waals surface area contributed by atoms with Gasteiger partial charge in [0.05, 0.1) is 0 Å². The Bertz CT molecular complexity index is 564. The molecule has 21 heavy (non-hydrogen) atoms. The van der Waals surface area contributed by atoms with E-state index in [0.717, 1.165) is 17.5 Å². The third kappa shape index (κ3) is 4.26. The van der Waals surface area contributed by atoms with E-state index in [9.17, 15) is 8.42 Å². The molecule has 1 heterocycles. The highest BCUT2D eigenvalue weighted by atomic mass is 32.2. The van der Waals surface area contributed by atoms with Gasteiger partial charge >= 0.3 is 0 Å². The third-order valence-corrected chi connectivity index (χ3v) is 5.45. The van der Waals surface area contributed by atoms with Crippen molar-refractivity contribution in [3.8, 4) is 0 Å². The highest BCUT2D eigenvalue weighted by molar-refractivity contribution is 7.87. The molecule has 0 radical (unpaired) electrons. The van der Waals surface area contributed by atoms with Crippen molar-refractivity contribution in [1.29, 1.82) is 0 Å². The van der Waals surface area contributed by atoms with Crippen molar-refractivity contribution in [2.24, 2.45) is 17.6 Å². The van der Waals surface area contributed by atoms with Crippen LogP contribution in [0.3, 0.4) is 0 Å². The average Bonchev–Trinajstić information content (AvgIpc) is 2.44. The average molecular weight is 311 g/mol. The summed E-state index contributed by atoms with van der Waals surface area (Å²) in [5, 5.41) is 0. The molecule has 2 unspecified atom stereocenters. The SMILES string of the molecule is CC1CC(C)CN(S(=O)(=O)NCc2ccccc2CN)C1. The van der Waals surface area contributed by atoms with Crippen molar-refractivity contribution in [3.05, 3.63) is 35.4 Å². The van der Waals surface area contributed by atoms with Crippen LogP contribution in [0.2, 0.25) is 0 Å². The van der Waals surface area contributed by atoms with E-state index in [1.807, 2.05) is 24.3 Å². The van der Waals surface area contributed by atoms with Crippen molar-refractivity contribution in [1.82, 2.24) is 9.03 Å². The minimum absolute atomic E-state index is 0.287. The van der Waals surface area contributed by atoms with E-state index in [0.29, 0.717) is 31.5 Å². The van der Waals surface area contributed by atoms with Crippen LogP contribution in [0.4, 0.5) is 0 Å². The summed E-state index contributed by atoms with van der Waals surface area (Å²) in [5.41, 5.74) is 7.59. The Morgan fingerprint density at radius 3 is 2.33 bits per heavy atom. The quantitative estimate of drug-likeness (QED) is 0.864. The predicted molar refractivity (Wildman–Crippen MR) is 84.6 cm³/mol. The Kier molecular flexibility index (Phi) is 5.37. The van der Waals surface area contributed by atoms with Gasteiger partial charge in [0.2, 0.25) is 0 Å². The fourth-order valence-corrected chi connectivity index (χ4v) is 4.41. The van der Waals surface area contributed by atoms with E-state index < -0.39 is 10.2 Å². The molecule has 2 rings (SSSR count). The summed E-state index contributed by atoms with van der Waals surface area (Å²) < 4.78 is 29.1. The standard InChI is InChI=1S/C15H25N3O2S/c1-12-7-13(2)11-18(10-12)21(19,20)17-9-15-6-4-3-5-14(15)8-16/h3-6,12-13,17H,7-11,16H2,1-2H3. The number of nitrogens with zero attached hydrogens (tertiary/aromatic N) is 1. The summed E-state index contributed by atoms with van der Waals surface area (Å²) in [6.07, 6.45) is 1.09. The Hall–Kier alpha value is -0.950. The topological polar surface area (TPSA) is 75.4 Å². The van der Waals surface area contributed by atoms with Crippen molar-refractivity contribution < 1.29 is 8.42 Å². The van der Waals surface area contributed by atoms with Crippen molar-refractivity contribution in [2.75, 3.05) is 13.1 Å². The second-order valence-electron chi connectivity index (χ2n) is 6.06. The normalized spacial score (nSPS) is 24.1. The van der Waals surface area contributed by atoms with Crippen LogP contribution in [0.15, 0.2) is 24.3 Å². The molecule has 1 aromatic rings. The first-order valence-electron chi connectivity index (χ1n) is 7.44. The molecule has 1 saturated heterocycles. The number of rotatable bonds is 5. The molecule has 118 valence electrons. The molecule has 0 aliphatic carbocycles. The van der Waals surface area contributed by atoms with Crippen LogP contribution in [0.1, 0.15) is 31.4 Å². The highest BCUT2D eigenvalue weighted by Gasteiger charge is 2.30. The van der Waals surface area contributed by atoms with Crippen molar-refractivity contribution in [3.63, 3.8) is 0 Å². The lowest BCUT2D eigenvalue weighted by atomic mass is 9.94. The summed E-state index contributed by atoms with van der Waals surface area (Å²) in [7, 11) is -3.43. The predicted octanol–water partition coefficient (Wildman–Crippen LogP) is 1.46. The van der Waals surface area contributed by atoms with E-state index in [-0.39, 0.29) is 6.54 Å². The van der Waals surface area contributed by atoms with E-state index >= 15 is 0 Å². The van der Waals surface area contributed by atoms with Crippen LogP contribution in [-0.4, -0.2) is 25.8 Å². The first kappa shape index (κ1) is 16.4. The molecule has 0 spiro atoms. The number of nitrogens with one attached hydrogen (secondary N) is 1. The van der Waals surface area contributed by atoms with Gasteiger partial charge in [0.25, 0.3) is 10.2 Å². The van der Waals surface area contributed by atoms with Crippen molar-refractivity contribution >= 4 is 10.2 Å². The smallest absolute Gasteiger partial charge is 0.279 e. The molecule has 0 aromatic heterocycles. The molecule has 1 aliphatic heterocycles. The zero-order valence-corrected chi connectivity index (χ0v) is 13.6. The number of hydrogen-bond acceptors (Lipinski definition) is 3. The van der Waals surface area contributed by atoms with E-state index in [1.165, 1.54) is 0 Å². The summed E-state index contributed by atoms with van der Waals surface area (Å²) in [6, 6.07) is 7.64. The summed E-state index contributed by atoms with van der Waals surface area (Å²) in [4.78, 5) is 0. The van der Waals surface area contributed by atoms with Crippen molar-refractivity contribution in [2.45, 2.75) is 33.4 Å². The minimum atomic E-state index is -3.43. The van der Waals surface area contributed by atoms with E-state index in [1.54, 1.807) is 4.31 Å². The molecule has 1 fully saturated rings. The first-order valence-corrected chi connectivity index (χ1v) is 8.88. The molecule has 6 heteroatoms. The van der Waals surface area contributed by atoms with Crippen LogP contribution >= 0.6 is 0 Å². The molecule has 0 saturated carbocycles. The number of hydrogen-bond donors (Lipinski definition) is 2. The van der Waals surface area contributed by atoms with Gasteiger partial charge in [-0.25, -0.2) is 0 Å². The molecule has 0 bridgehead atoms. The van der Waals surface area contributed by atoms with Crippen LogP contribution in [0.25, 0.3) is 0 Å². The first-order chi connectivity index (χ1) is 9.92. The van der Waals surface area contributed by atoms with Gasteiger partial charge in [0.15, 0.2) is 0 Å². The summed E-state index contributed by atoms with van der Waals surface area (Å²) in [5.74, 6) is 0.809. The van der Waals surface area contributed by atoms with Crippen LogP contribution in [0.5, 0.6) is 0 Å². The second-order valence-corrected chi connectivity index (χ2v) is 7.82. The molecule has 0 amide bonds. The number of nitrogens with two attached hydrogens (primary N) is 1. The molecule has 2 atom stereocenters. The molecule has 3 N–H and O–H groups in total. The van der Waals surface area contributed by atoms with Gasteiger partial charge in [-0.05, 0) is 29.4 Å². The third-order valence-electron chi connectivity index (χ3n) is 3.96. The van der Waals surface area contributed by atoms with Gasteiger partial charge in [-0.15, -0.1) is 0 Å². The highest BCUT2D eigenvalue weighted by Crippen LogP contribution is 2.22. The zero-order valence-electron chi connectivity index (χ0n) is 12.7. The van der Waals surface area contributed by atoms with Gasteiger partial charge in [-0.2, -0.15) is 17.4 Å². The number of benzene rings is 1. The Balaban J connectivity index is 2.04. The Morgan fingerprint density at radius 1 is 1.19 bits per heavy atom. The Morgan fingerprint density at radius 2 is 1.76 bits per heavy atom. The molecular weight excluding hydrogens is 286 g/mol. The maximum Gasteiger partial charge on any atom is 0.279 e. The van der Waals surface area contributed by atoms with Gasteiger partial charge in [0.1, 0.15) is 0 Å². The van der Waals surface area contributed by atoms with E-state index in [4.69, 9.17) is 5.73 Å². The fourth-order valence-electron chi connectivity index (χ4n) is 2.99. The maximum atomic E-state index is 12.4. The summed E-state index contributed by atoms with van der Waals surface area (Å²) >= 11 is 0. The van der Waals surface area contributed by atoms with E-state index in [2.05, 4.69) is 18.6 Å². The minimum Gasteiger partial charge on any atom is -0.326 e. The van der Waals surface area contributed by atoms with Crippen LogP contribution in [-0.2, 0) is 23.3 Å². The molecular formula is C15H25N3O2S. The van der Waals surface area contributed by atoms with Gasteiger partial charge in [-0.3, -0.25) is 0 Å². The monoisotopic (exact) mass is 311 g/mol. The lowest BCUT2D eigenvalue weighted by molar-refractivity contribution is 0.220. The molecule has 1 aliphatic rings. The molecule has 5 nitrogen and oxygen atoms in total. The maximum absolute atomic E-state index is 12.4. The largest absolute Gasteiger partial charge is 0.326 e. The fraction of sp³-hybridized carbons (Fsp3) is 0.600. The second kappa shape index (κ2) is 6.87. The van der Waals surface area contributed by atoms with Gasteiger partial charge < -0.3 is 5.73 Å². The van der Waals surface area contributed by atoms with Crippen LogP contribution in [0, 0.1) is 11.8 Å². The number of piperidine rings is 1. The zero-order chi connectivity index (χ0) is 15.5. The Labute approximate surface area is 127 Å². The van der Waals surface area contributed by atoms with Gasteiger partial charge in [0, 0.05) is 26.2 Å².